The molecule has 0 aliphatic carbocycles. The van der Waals surface area contributed by atoms with Crippen molar-refractivity contribution in [2.45, 2.75) is 18.7 Å². The van der Waals surface area contributed by atoms with Gasteiger partial charge in [0.2, 0.25) is 0 Å². The first kappa shape index (κ1) is 14.8. The minimum atomic E-state index is -3.87. The smallest absolute Gasteiger partial charge is 0.261 e. The van der Waals surface area contributed by atoms with Crippen molar-refractivity contribution in [1.29, 1.82) is 0 Å². The number of hydrogen-bond donors (Lipinski definition) is 1. The van der Waals surface area contributed by atoms with Crippen molar-refractivity contribution in [2.24, 2.45) is 0 Å². The van der Waals surface area contributed by atoms with Crippen LogP contribution >= 0.6 is 10.7 Å². The van der Waals surface area contributed by atoms with E-state index in [-0.39, 0.29) is 10.5 Å². The van der Waals surface area contributed by atoms with Gasteiger partial charge in [0.15, 0.2) is 0 Å². The lowest BCUT2D eigenvalue weighted by atomic mass is 10.2. The second kappa shape index (κ2) is 6.06. The predicted octanol–water partition coefficient (Wildman–Crippen LogP) is 1.76. The van der Waals surface area contributed by atoms with E-state index in [4.69, 9.17) is 15.4 Å². The molecule has 7 heteroatoms. The third-order valence-electron chi connectivity index (χ3n) is 2.11. The van der Waals surface area contributed by atoms with E-state index >= 15 is 0 Å². The van der Waals surface area contributed by atoms with Crippen LogP contribution in [0.2, 0.25) is 0 Å². The van der Waals surface area contributed by atoms with Crippen molar-refractivity contribution in [3.8, 4) is 5.75 Å². The maximum atomic E-state index is 11.8. The quantitative estimate of drug-likeness (QED) is 0.839. The molecule has 0 aliphatic heterocycles. The molecule has 1 amide bonds. The Morgan fingerprint density at radius 1 is 1.39 bits per heavy atom. The minimum Gasteiger partial charge on any atom is -0.493 e. The predicted molar refractivity (Wildman–Crippen MR) is 68.7 cm³/mol. The molecular formula is C11H14ClNO4S. The average Bonchev–Trinajstić information content (AvgIpc) is 2.28. The van der Waals surface area contributed by atoms with Gasteiger partial charge < -0.3 is 10.1 Å². The first-order chi connectivity index (χ1) is 8.40. The fourth-order valence-electron chi connectivity index (χ4n) is 1.38. The molecule has 1 aromatic carbocycles. The third-order valence-corrected chi connectivity index (χ3v) is 3.47. The Bertz CT molecular complexity index is 542. The van der Waals surface area contributed by atoms with Gasteiger partial charge >= 0.3 is 0 Å². The number of nitrogens with one attached hydrogen (secondary N) is 1. The topological polar surface area (TPSA) is 72.5 Å². The third kappa shape index (κ3) is 3.61. The molecule has 1 rings (SSSR count). The molecule has 0 atom stereocenters. The van der Waals surface area contributed by atoms with Gasteiger partial charge in [-0.15, -0.1) is 0 Å². The van der Waals surface area contributed by atoms with E-state index in [1.54, 1.807) is 13.8 Å². The molecule has 0 aliphatic rings. The molecular weight excluding hydrogens is 278 g/mol. The van der Waals surface area contributed by atoms with E-state index in [2.05, 4.69) is 5.32 Å². The van der Waals surface area contributed by atoms with Gasteiger partial charge in [0.1, 0.15) is 5.75 Å². The average molecular weight is 292 g/mol. The van der Waals surface area contributed by atoms with Crippen LogP contribution in [0.3, 0.4) is 0 Å². The van der Waals surface area contributed by atoms with E-state index in [1.807, 2.05) is 0 Å². The Morgan fingerprint density at radius 3 is 2.56 bits per heavy atom. The van der Waals surface area contributed by atoms with Crippen LogP contribution in [0.4, 0.5) is 0 Å². The number of amides is 1. The zero-order valence-electron chi connectivity index (χ0n) is 10.1. The molecule has 5 nitrogen and oxygen atoms in total. The van der Waals surface area contributed by atoms with Crippen molar-refractivity contribution >= 4 is 25.6 Å². The van der Waals surface area contributed by atoms with E-state index in [0.717, 1.165) is 0 Å². The Kier molecular flexibility index (Phi) is 4.98. The number of benzene rings is 1. The molecule has 1 N–H and O–H groups in total. The maximum absolute atomic E-state index is 11.8. The molecule has 0 aromatic heterocycles. The molecule has 0 unspecified atom stereocenters. The van der Waals surface area contributed by atoms with Gasteiger partial charge in [-0.3, -0.25) is 4.79 Å². The molecule has 0 saturated heterocycles. The van der Waals surface area contributed by atoms with Crippen molar-refractivity contribution in [3.05, 3.63) is 23.8 Å². The van der Waals surface area contributed by atoms with Crippen molar-refractivity contribution < 1.29 is 17.9 Å². The zero-order chi connectivity index (χ0) is 13.8. The highest BCUT2D eigenvalue weighted by atomic mass is 35.7. The van der Waals surface area contributed by atoms with Crippen LogP contribution in [0, 0.1) is 0 Å². The zero-order valence-corrected chi connectivity index (χ0v) is 11.6. The van der Waals surface area contributed by atoms with Crippen LogP contribution in [-0.2, 0) is 9.05 Å². The number of rotatable bonds is 5. The number of hydrogen-bond acceptors (Lipinski definition) is 4. The standard InChI is InChI=1S/C11H14ClNO4S/c1-3-13-11(14)9-7-8(18(12,15)16)5-6-10(9)17-4-2/h5-7H,3-4H2,1-2H3,(H,13,14). The van der Waals surface area contributed by atoms with Crippen LogP contribution in [0.1, 0.15) is 24.2 Å². The SMILES string of the molecule is CCNC(=O)c1cc(S(=O)(=O)Cl)ccc1OCC. The van der Waals surface area contributed by atoms with Crippen molar-refractivity contribution in [3.63, 3.8) is 0 Å². The number of carbonyl (C=O) groups excluding carboxylic acids is 1. The summed E-state index contributed by atoms with van der Waals surface area (Å²) in [7, 11) is 1.37. The number of ether oxygens (including phenoxy) is 1. The molecule has 0 saturated carbocycles. The van der Waals surface area contributed by atoms with Gasteiger partial charge in [0.05, 0.1) is 17.1 Å². The van der Waals surface area contributed by atoms with Crippen LogP contribution in [-0.4, -0.2) is 27.5 Å². The first-order valence-electron chi connectivity index (χ1n) is 5.39. The van der Waals surface area contributed by atoms with Crippen molar-refractivity contribution in [2.75, 3.05) is 13.2 Å². The van der Waals surface area contributed by atoms with Gasteiger partial charge in [0, 0.05) is 17.2 Å². The molecule has 18 heavy (non-hydrogen) atoms. The molecule has 0 heterocycles. The van der Waals surface area contributed by atoms with E-state index in [9.17, 15) is 13.2 Å². The van der Waals surface area contributed by atoms with Gasteiger partial charge in [0.25, 0.3) is 15.0 Å². The number of carbonyl (C=O) groups is 1. The largest absolute Gasteiger partial charge is 0.493 e. The Hall–Kier alpha value is -1.27. The maximum Gasteiger partial charge on any atom is 0.261 e. The summed E-state index contributed by atoms with van der Waals surface area (Å²) in [4.78, 5) is 11.7. The van der Waals surface area contributed by atoms with E-state index < -0.39 is 15.0 Å². The molecule has 0 fully saturated rings. The van der Waals surface area contributed by atoms with Gasteiger partial charge in [-0.2, -0.15) is 0 Å². The summed E-state index contributed by atoms with van der Waals surface area (Å²) in [6, 6.07) is 3.93. The van der Waals surface area contributed by atoms with E-state index in [1.165, 1.54) is 18.2 Å². The summed E-state index contributed by atoms with van der Waals surface area (Å²) in [5.41, 5.74) is 0.153. The van der Waals surface area contributed by atoms with Crippen LogP contribution in [0.15, 0.2) is 23.1 Å². The molecule has 1 aromatic rings. The summed E-state index contributed by atoms with van der Waals surface area (Å²) >= 11 is 0. The molecule has 0 radical (unpaired) electrons. The summed E-state index contributed by atoms with van der Waals surface area (Å²) < 4.78 is 27.7. The molecule has 0 bridgehead atoms. The van der Waals surface area contributed by atoms with Gasteiger partial charge in [-0.05, 0) is 32.0 Å². The minimum absolute atomic E-state index is 0.131. The molecule has 100 valence electrons. The summed E-state index contributed by atoms with van der Waals surface area (Å²) in [5, 5.41) is 2.58. The van der Waals surface area contributed by atoms with Crippen molar-refractivity contribution in [1.82, 2.24) is 5.32 Å². The van der Waals surface area contributed by atoms with E-state index in [0.29, 0.717) is 18.9 Å². The summed E-state index contributed by atoms with van der Waals surface area (Å²) in [5.74, 6) is -0.0735. The highest BCUT2D eigenvalue weighted by Gasteiger charge is 2.17. The number of halogens is 1. The van der Waals surface area contributed by atoms with Gasteiger partial charge in [-0.25, -0.2) is 8.42 Å². The highest BCUT2D eigenvalue weighted by molar-refractivity contribution is 8.13. The normalized spacial score (nSPS) is 11.1. The first-order valence-corrected chi connectivity index (χ1v) is 7.70. The second-order valence-electron chi connectivity index (χ2n) is 3.39. The highest BCUT2D eigenvalue weighted by Crippen LogP contribution is 2.24. The Morgan fingerprint density at radius 2 is 2.06 bits per heavy atom. The fraction of sp³-hybridized carbons (Fsp3) is 0.364. The molecule has 0 spiro atoms. The Labute approximate surface area is 111 Å². The van der Waals surface area contributed by atoms with Crippen LogP contribution in [0.5, 0.6) is 5.75 Å². The summed E-state index contributed by atoms with van der Waals surface area (Å²) in [6.45, 7) is 4.34. The van der Waals surface area contributed by atoms with Gasteiger partial charge in [-0.1, -0.05) is 0 Å². The van der Waals surface area contributed by atoms with Crippen LogP contribution in [0.25, 0.3) is 0 Å². The van der Waals surface area contributed by atoms with Crippen LogP contribution < -0.4 is 10.1 Å². The Balaban J connectivity index is 3.28. The lowest BCUT2D eigenvalue weighted by Crippen LogP contribution is -2.23. The summed E-state index contributed by atoms with van der Waals surface area (Å²) in [6.07, 6.45) is 0. The fourth-order valence-corrected chi connectivity index (χ4v) is 2.15. The monoisotopic (exact) mass is 291 g/mol. The second-order valence-corrected chi connectivity index (χ2v) is 5.95. The lowest BCUT2D eigenvalue weighted by Gasteiger charge is -2.10. The lowest BCUT2D eigenvalue weighted by molar-refractivity contribution is 0.0952.